The molecule has 0 saturated carbocycles. The van der Waals surface area contributed by atoms with Crippen molar-refractivity contribution in [2.45, 2.75) is 45.6 Å². The van der Waals surface area contributed by atoms with E-state index in [4.69, 9.17) is 10.2 Å². The smallest absolute Gasteiger partial charge is 0.297 e. The van der Waals surface area contributed by atoms with Gasteiger partial charge in [-0.3, -0.25) is 14.2 Å². The molecule has 3 aromatic rings. The minimum Gasteiger partial charge on any atom is -0.430 e. The van der Waals surface area contributed by atoms with Gasteiger partial charge in [-0.2, -0.15) is 0 Å². The molecule has 3 heterocycles. The summed E-state index contributed by atoms with van der Waals surface area (Å²) in [6, 6.07) is 0. The van der Waals surface area contributed by atoms with Crippen LogP contribution in [0.2, 0.25) is 0 Å². The lowest BCUT2D eigenvalue weighted by molar-refractivity contribution is -0.118. The lowest BCUT2D eigenvalue weighted by atomic mass is 9.89. The molecule has 1 amide bonds. The van der Waals surface area contributed by atoms with E-state index in [-0.39, 0.29) is 24.1 Å². The number of carbonyl (C=O) groups is 1. The number of aromatic nitrogens is 3. The van der Waals surface area contributed by atoms with Gasteiger partial charge in [0.25, 0.3) is 5.56 Å². The number of primary amides is 1. The molecule has 2 N–H and O–H groups in total. The Morgan fingerprint density at radius 3 is 2.83 bits per heavy atom. The molecular weight excluding hydrogens is 308 g/mol. The molecular formula is C17H18N4O3. The predicted octanol–water partition coefficient (Wildman–Crippen LogP) is 1.60. The SMILES string of the molecule is Cc1nc2oc3c(=O)n(CCC(N)=O)cnc3c2c2c1CCCC2. The summed E-state index contributed by atoms with van der Waals surface area (Å²) in [5.41, 5.74) is 9.52. The van der Waals surface area contributed by atoms with Crippen molar-refractivity contribution in [3.63, 3.8) is 0 Å². The summed E-state index contributed by atoms with van der Waals surface area (Å²) in [5, 5.41) is 0.865. The fraction of sp³-hybridized carbons (Fsp3) is 0.412. The lowest BCUT2D eigenvalue weighted by Gasteiger charge is -2.17. The van der Waals surface area contributed by atoms with Crippen molar-refractivity contribution in [2.75, 3.05) is 0 Å². The van der Waals surface area contributed by atoms with E-state index in [1.54, 1.807) is 0 Å². The third-order valence-electron chi connectivity index (χ3n) is 4.72. The highest BCUT2D eigenvalue weighted by Crippen LogP contribution is 2.34. The van der Waals surface area contributed by atoms with Gasteiger partial charge in [0.05, 0.1) is 11.7 Å². The predicted molar refractivity (Wildman–Crippen MR) is 88.8 cm³/mol. The Kier molecular flexibility index (Phi) is 3.37. The molecule has 1 aliphatic rings. The zero-order valence-corrected chi connectivity index (χ0v) is 13.5. The summed E-state index contributed by atoms with van der Waals surface area (Å²) in [5.74, 6) is -0.460. The van der Waals surface area contributed by atoms with Crippen LogP contribution in [-0.4, -0.2) is 20.4 Å². The molecule has 3 aromatic heterocycles. The van der Waals surface area contributed by atoms with Gasteiger partial charge in [0.2, 0.25) is 17.2 Å². The molecule has 0 bridgehead atoms. The van der Waals surface area contributed by atoms with E-state index >= 15 is 0 Å². The Hall–Kier alpha value is -2.70. The first-order valence-electron chi connectivity index (χ1n) is 8.14. The number of pyridine rings is 1. The standard InChI is InChI=1S/C17H18N4O3/c1-9-10-4-2-3-5-11(10)13-14-15(24-16(13)20-9)17(23)21(8-19-14)7-6-12(18)22/h8H,2-7H2,1H3,(H2,18,22). The maximum Gasteiger partial charge on any atom is 0.297 e. The largest absolute Gasteiger partial charge is 0.430 e. The molecule has 0 spiro atoms. The second kappa shape index (κ2) is 5.43. The van der Waals surface area contributed by atoms with Crippen LogP contribution in [0.4, 0.5) is 0 Å². The summed E-state index contributed by atoms with van der Waals surface area (Å²) >= 11 is 0. The Balaban J connectivity index is 1.97. The molecule has 0 aliphatic heterocycles. The molecule has 24 heavy (non-hydrogen) atoms. The molecule has 124 valence electrons. The number of hydrogen-bond acceptors (Lipinski definition) is 5. The highest BCUT2D eigenvalue weighted by Gasteiger charge is 2.23. The fourth-order valence-electron chi connectivity index (χ4n) is 3.53. The molecule has 4 rings (SSSR count). The van der Waals surface area contributed by atoms with E-state index in [1.807, 2.05) is 6.92 Å². The number of hydrogen-bond donors (Lipinski definition) is 1. The van der Waals surface area contributed by atoms with Gasteiger partial charge in [-0.25, -0.2) is 9.97 Å². The number of carbonyl (C=O) groups excluding carboxylic acids is 1. The number of aryl methyl sites for hydroxylation is 3. The Morgan fingerprint density at radius 1 is 1.33 bits per heavy atom. The van der Waals surface area contributed by atoms with Crippen LogP contribution < -0.4 is 11.3 Å². The summed E-state index contributed by atoms with van der Waals surface area (Å²) in [6.07, 6.45) is 5.78. The molecule has 0 unspecified atom stereocenters. The summed E-state index contributed by atoms with van der Waals surface area (Å²) < 4.78 is 7.11. The van der Waals surface area contributed by atoms with Crippen molar-refractivity contribution in [1.29, 1.82) is 0 Å². The van der Waals surface area contributed by atoms with Crippen molar-refractivity contribution in [3.8, 4) is 0 Å². The minimum absolute atomic E-state index is 0.0834. The highest BCUT2D eigenvalue weighted by atomic mass is 16.3. The van der Waals surface area contributed by atoms with Crippen LogP contribution in [0.5, 0.6) is 0 Å². The van der Waals surface area contributed by atoms with Gasteiger partial charge in [0, 0.05) is 18.7 Å². The van der Waals surface area contributed by atoms with Gasteiger partial charge >= 0.3 is 0 Å². The molecule has 0 saturated heterocycles. The van der Waals surface area contributed by atoms with E-state index < -0.39 is 5.91 Å². The topological polar surface area (TPSA) is 104 Å². The van der Waals surface area contributed by atoms with Gasteiger partial charge < -0.3 is 10.2 Å². The van der Waals surface area contributed by atoms with E-state index in [9.17, 15) is 9.59 Å². The van der Waals surface area contributed by atoms with E-state index in [1.165, 1.54) is 22.0 Å². The van der Waals surface area contributed by atoms with Crippen LogP contribution in [0.15, 0.2) is 15.5 Å². The van der Waals surface area contributed by atoms with Gasteiger partial charge in [-0.1, -0.05) is 0 Å². The maximum atomic E-state index is 12.6. The second-order valence-corrected chi connectivity index (χ2v) is 6.28. The number of fused-ring (bicyclic) bond motifs is 5. The Morgan fingerprint density at radius 2 is 2.08 bits per heavy atom. The third-order valence-corrected chi connectivity index (χ3v) is 4.72. The molecule has 0 fully saturated rings. The van der Waals surface area contributed by atoms with Crippen LogP contribution >= 0.6 is 0 Å². The average molecular weight is 326 g/mol. The summed E-state index contributed by atoms with van der Waals surface area (Å²) in [6.45, 7) is 2.17. The molecule has 7 heteroatoms. The maximum absolute atomic E-state index is 12.6. The van der Waals surface area contributed by atoms with Crippen molar-refractivity contribution < 1.29 is 9.21 Å². The number of nitrogens with zero attached hydrogens (tertiary/aromatic N) is 3. The van der Waals surface area contributed by atoms with Crippen LogP contribution in [0, 0.1) is 6.92 Å². The van der Waals surface area contributed by atoms with Crippen molar-refractivity contribution >= 4 is 28.1 Å². The monoisotopic (exact) mass is 326 g/mol. The zero-order chi connectivity index (χ0) is 16.8. The highest BCUT2D eigenvalue weighted by molar-refractivity contribution is 6.03. The van der Waals surface area contributed by atoms with Crippen LogP contribution in [0.25, 0.3) is 22.2 Å². The third kappa shape index (κ3) is 2.19. The fourth-order valence-corrected chi connectivity index (χ4v) is 3.53. The minimum atomic E-state index is -0.460. The van der Waals surface area contributed by atoms with Gasteiger partial charge in [-0.15, -0.1) is 0 Å². The Bertz CT molecular complexity index is 1030. The van der Waals surface area contributed by atoms with Crippen molar-refractivity contribution in [2.24, 2.45) is 5.73 Å². The molecule has 0 aromatic carbocycles. The quantitative estimate of drug-likeness (QED) is 0.787. The normalized spacial score (nSPS) is 14.2. The van der Waals surface area contributed by atoms with Crippen LogP contribution in [0.1, 0.15) is 36.1 Å². The van der Waals surface area contributed by atoms with Crippen molar-refractivity contribution in [1.82, 2.24) is 14.5 Å². The van der Waals surface area contributed by atoms with E-state index in [2.05, 4.69) is 9.97 Å². The lowest BCUT2D eigenvalue weighted by Crippen LogP contribution is -2.23. The summed E-state index contributed by atoms with van der Waals surface area (Å²) in [7, 11) is 0. The van der Waals surface area contributed by atoms with Crippen molar-refractivity contribution in [3.05, 3.63) is 33.5 Å². The molecule has 0 atom stereocenters. The van der Waals surface area contributed by atoms with Gasteiger partial charge in [0.15, 0.2) is 0 Å². The zero-order valence-electron chi connectivity index (χ0n) is 13.5. The first-order chi connectivity index (χ1) is 11.6. The molecule has 0 radical (unpaired) electrons. The second-order valence-electron chi connectivity index (χ2n) is 6.28. The molecule has 1 aliphatic carbocycles. The summed E-state index contributed by atoms with van der Waals surface area (Å²) in [4.78, 5) is 32.5. The number of amides is 1. The average Bonchev–Trinajstić information content (AvgIpc) is 2.93. The van der Waals surface area contributed by atoms with Crippen LogP contribution in [-0.2, 0) is 24.2 Å². The number of furan rings is 1. The van der Waals surface area contributed by atoms with E-state index in [0.29, 0.717) is 11.2 Å². The first-order valence-corrected chi connectivity index (χ1v) is 8.14. The number of rotatable bonds is 3. The number of nitrogens with two attached hydrogens (primary N) is 1. The molecule has 7 nitrogen and oxygen atoms in total. The van der Waals surface area contributed by atoms with Gasteiger partial charge in [0.1, 0.15) is 5.52 Å². The van der Waals surface area contributed by atoms with E-state index in [0.717, 1.165) is 36.8 Å². The van der Waals surface area contributed by atoms with Crippen LogP contribution in [0.3, 0.4) is 0 Å². The Labute approximate surface area is 137 Å². The van der Waals surface area contributed by atoms with Gasteiger partial charge in [-0.05, 0) is 43.7 Å². The first kappa shape index (κ1) is 14.9.